The van der Waals surface area contributed by atoms with E-state index in [9.17, 15) is 4.79 Å². The molecule has 0 radical (unpaired) electrons. The van der Waals surface area contributed by atoms with Gasteiger partial charge in [-0.15, -0.1) is 0 Å². The summed E-state index contributed by atoms with van der Waals surface area (Å²) in [6, 6.07) is 19.5. The molecule has 2 aromatic carbocycles. The molecule has 2 heterocycles. The molecule has 0 atom stereocenters. The molecule has 1 fully saturated rings. The number of hydrogen-bond donors (Lipinski definition) is 0. The van der Waals surface area contributed by atoms with Crippen molar-refractivity contribution in [2.24, 2.45) is 4.99 Å². The molecule has 4 nitrogen and oxygen atoms in total. The van der Waals surface area contributed by atoms with Crippen molar-refractivity contribution in [3.8, 4) is 0 Å². The molecule has 0 N–H and O–H groups in total. The topological polar surface area (TPSA) is 45.8 Å². The van der Waals surface area contributed by atoms with Gasteiger partial charge in [-0.05, 0) is 67.9 Å². The number of furan rings is 1. The summed E-state index contributed by atoms with van der Waals surface area (Å²) in [6.07, 6.45) is 1.78. The summed E-state index contributed by atoms with van der Waals surface area (Å²) in [7, 11) is 0. The number of benzene rings is 2. The highest BCUT2D eigenvalue weighted by Crippen LogP contribution is 2.38. The summed E-state index contributed by atoms with van der Waals surface area (Å²) in [6.45, 7) is 5.90. The SMILES string of the molecule is Cc1ccc(C=C2SC(=Nc3ccccc3C)N(c3ccccc3C)C2=O)o1. The molecule has 0 unspecified atom stereocenters. The Morgan fingerprint density at radius 2 is 1.64 bits per heavy atom. The van der Waals surface area contributed by atoms with Crippen LogP contribution in [-0.2, 0) is 4.79 Å². The van der Waals surface area contributed by atoms with E-state index in [1.165, 1.54) is 11.8 Å². The predicted octanol–water partition coefficient (Wildman–Crippen LogP) is 6.01. The predicted molar refractivity (Wildman–Crippen MR) is 116 cm³/mol. The number of thioether (sulfide) groups is 1. The Bertz CT molecular complexity index is 1110. The van der Waals surface area contributed by atoms with Gasteiger partial charge in [0.1, 0.15) is 11.5 Å². The smallest absolute Gasteiger partial charge is 0.271 e. The van der Waals surface area contributed by atoms with Gasteiger partial charge in [0, 0.05) is 6.08 Å². The minimum atomic E-state index is -0.0966. The van der Waals surface area contributed by atoms with Gasteiger partial charge in [0.15, 0.2) is 5.17 Å². The Morgan fingerprint density at radius 1 is 0.929 bits per heavy atom. The van der Waals surface area contributed by atoms with E-state index in [2.05, 4.69) is 0 Å². The maximum atomic E-state index is 13.3. The summed E-state index contributed by atoms with van der Waals surface area (Å²) < 4.78 is 5.63. The Hall–Kier alpha value is -3.05. The third-order valence-corrected chi connectivity index (χ3v) is 5.50. The van der Waals surface area contributed by atoms with Crippen LogP contribution in [0.1, 0.15) is 22.6 Å². The number of aryl methyl sites for hydroxylation is 3. The average molecular weight is 388 g/mol. The zero-order valence-corrected chi connectivity index (χ0v) is 16.8. The normalized spacial score (nSPS) is 17.1. The van der Waals surface area contributed by atoms with E-state index in [-0.39, 0.29) is 5.91 Å². The molecular weight excluding hydrogens is 368 g/mol. The largest absolute Gasteiger partial charge is 0.462 e. The van der Waals surface area contributed by atoms with Gasteiger partial charge in [0.2, 0.25) is 0 Å². The van der Waals surface area contributed by atoms with Crippen molar-refractivity contribution in [1.82, 2.24) is 0 Å². The number of anilines is 1. The third kappa shape index (κ3) is 3.53. The summed E-state index contributed by atoms with van der Waals surface area (Å²) >= 11 is 1.37. The first-order valence-corrected chi connectivity index (χ1v) is 9.85. The second-order valence-electron chi connectivity index (χ2n) is 6.67. The van der Waals surface area contributed by atoms with Crippen molar-refractivity contribution in [2.75, 3.05) is 4.90 Å². The number of rotatable bonds is 3. The van der Waals surface area contributed by atoms with Crippen LogP contribution >= 0.6 is 11.8 Å². The fourth-order valence-electron chi connectivity index (χ4n) is 3.03. The second kappa shape index (κ2) is 7.52. The Balaban J connectivity index is 1.82. The monoisotopic (exact) mass is 388 g/mol. The number of amidine groups is 1. The number of carbonyl (C=O) groups excluding carboxylic acids is 1. The van der Waals surface area contributed by atoms with E-state index in [4.69, 9.17) is 9.41 Å². The molecule has 3 aromatic rings. The molecule has 1 amide bonds. The van der Waals surface area contributed by atoms with Crippen molar-refractivity contribution in [1.29, 1.82) is 0 Å². The molecule has 1 aliphatic heterocycles. The van der Waals surface area contributed by atoms with Gasteiger partial charge in [-0.2, -0.15) is 0 Å². The van der Waals surface area contributed by atoms with Crippen LogP contribution in [-0.4, -0.2) is 11.1 Å². The number of hydrogen-bond acceptors (Lipinski definition) is 4. The average Bonchev–Trinajstić information content (AvgIpc) is 3.21. The Morgan fingerprint density at radius 3 is 2.32 bits per heavy atom. The molecule has 4 rings (SSSR count). The van der Waals surface area contributed by atoms with E-state index in [1.807, 2.05) is 81.4 Å². The fraction of sp³-hybridized carbons (Fsp3) is 0.130. The van der Waals surface area contributed by atoms with E-state index in [0.717, 1.165) is 28.3 Å². The number of carbonyl (C=O) groups is 1. The van der Waals surface area contributed by atoms with Crippen LogP contribution in [0.15, 0.2) is 75.0 Å². The van der Waals surface area contributed by atoms with Crippen LogP contribution < -0.4 is 4.90 Å². The lowest BCUT2D eigenvalue weighted by Gasteiger charge is -2.18. The van der Waals surface area contributed by atoms with E-state index in [1.54, 1.807) is 11.0 Å². The quantitative estimate of drug-likeness (QED) is 0.516. The lowest BCUT2D eigenvalue weighted by molar-refractivity contribution is -0.113. The minimum Gasteiger partial charge on any atom is -0.462 e. The van der Waals surface area contributed by atoms with Crippen LogP contribution in [0.3, 0.4) is 0 Å². The highest BCUT2D eigenvalue weighted by molar-refractivity contribution is 8.19. The first kappa shape index (κ1) is 18.3. The van der Waals surface area contributed by atoms with Gasteiger partial charge in [-0.3, -0.25) is 9.69 Å². The zero-order chi connectivity index (χ0) is 19.7. The van der Waals surface area contributed by atoms with E-state index < -0.39 is 0 Å². The van der Waals surface area contributed by atoms with Crippen LogP contribution in [0.25, 0.3) is 6.08 Å². The third-order valence-electron chi connectivity index (χ3n) is 4.53. The van der Waals surface area contributed by atoms with Crippen LogP contribution in [0.4, 0.5) is 11.4 Å². The van der Waals surface area contributed by atoms with Crippen LogP contribution in [0.2, 0.25) is 0 Å². The standard InChI is InChI=1S/C23H20N2O2S/c1-15-8-4-6-10-19(15)24-23-25(20-11-7-5-9-16(20)2)22(26)21(28-23)14-18-13-12-17(3)27-18/h4-14H,1-3H3. The summed E-state index contributed by atoms with van der Waals surface area (Å²) in [4.78, 5) is 20.4. The fourth-order valence-corrected chi connectivity index (χ4v) is 3.99. The molecular formula is C23H20N2O2S. The van der Waals surface area contributed by atoms with Gasteiger partial charge < -0.3 is 4.42 Å². The van der Waals surface area contributed by atoms with Crippen molar-refractivity contribution in [3.05, 3.63) is 88.2 Å². The molecule has 140 valence electrons. The molecule has 0 saturated carbocycles. The Labute approximate surface area is 168 Å². The highest BCUT2D eigenvalue weighted by atomic mass is 32.2. The van der Waals surface area contributed by atoms with Crippen molar-refractivity contribution in [2.45, 2.75) is 20.8 Å². The lowest BCUT2D eigenvalue weighted by Crippen LogP contribution is -2.29. The van der Waals surface area contributed by atoms with Gasteiger partial charge in [0.25, 0.3) is 5.91 Å². The number of aliphatic imine (C=N–C) groups is 1. The van der Waals surface area contributed by atoms with Gasteiger partial charge >= 0.3 is 0 Å². The van der Waals surface area contributed by atoms with E-state index in [0.29, 0.717) is 15.8 Å². The maximum absolute atomic E-state index is 13.3. The van der Waals surface area contributed by atoms with E-state index >= 15 is 0 Å². The first-order chi connectivity index (χ1) is 13.5. The highest BCUT2D eigenvalue weighted by Gasteiger charge is 2.35. The van der Waals surface area contributed by atoms with Crippen LogP contribution in [0, 0.1) is 20.8 Å². The van der Waals surface area contributed by atoms with Crippen LogP contribution in [0.5, 0.6) is 0 Å². The number of amides is 1. The zero-order valence-electron chi connectivity index (χ0n) is 16.0. The molecule has 1 aromatic heterocycles. The number of para-hydroxylation sites is 2. The molecule has 5 heteroatoms. The van der Waals surface area contributed by atoms with Crippen molar-refractivity contribution in [3.63, 3.8) is 0 Å². The molecule has 0 aliphatic carbocycles. The van der Waals surface area contributed by atoms with Gasteiger partial charge in [-0.1, -0.05) is 36.4 Å². The van der Waals surface area contributed by atoms with Crippen molar-refractivity contribution >= 4 is 40.3 Å². The Kier molecular flexibility index (Phi) is 4.92. The second-order valence-corrected chi connectivity index (χ2v) is 7.68. The van der Waals surface area contributed by atoms with Crippen molar-refractivity contribution < 1.29 is 9.21 Å². The lowest BCUT2D eigenvalue weighted by atomic mass is 10.2. The van der Waals surface area contributed by atoms with Gasteiger partial charge in [-0.25, -0.2) is 4.99 Å². The van der Waals surface area contributed by atoms with Gasteiger partial charge in [0.05, 0.1) is 16.3 Å². The summed E-state index contributed by atoms with van der Waals surface area (Å²) in [5.41, 5.74) is 3.77. The number of nitrogens with zero attached hydrogens (tertiary/aromatic N) is 2. The molecule has 1 aliphatic rings. The molecule has 28 heavy (non-hydrogen) atoms. The first-order valence-electron chi connectivity index (χ1n) is 9.03. The molecule has 1 saturated heterocycles. The summed E-state index contributed by atoms with van der Waals surface area (Å²) in [5, 5.41) is 0.642. The maximum Gasteiger partial charge on any atom is 0.271 e. The minimum absolute atomic E-state index is 0.0966. The molecule has 0 bridgehead atoms. The summed E-state index contributed by atoms with van der Waals surface area (Å²) in [5.74, 6) is 1.38. The molecule has 0 spiro atoms.